The van der Waals surface area contributed by atoms with Gasteiger partial charge in [0.1, 0.15) is 0 Å². The number of hydrogen-bond acceptors (Lipinski definition) is 1. The predicted molar refractivity (Wildman–Crippen MR) is 66.5 cm³/mol. The summed E-state index contributed by atoms with van der Waals surface area (Å²) in [5, 5.41) is 0. The molecule has 0 aromatic carbocycles. The first-order valence-electron chi connectivity index (χ1n) is 6.63. The fourth-order valence-electron chi connectivity index (χ4n) is 3.31. The normalized spacial score (nSPS) is 26.2. The number of alkyl halides is 1. The number of halogens is 1. The van der Waals surface area contributed by atoms with Gasteiger partial charge in [-0.3, -0.25) is 0 Å². The second-order valence-corrected chi connectivity index (χ2v) is 5.82. The Bertz CT molecular complexity index is 177. The average Bonchev–Trinajstić information content (AvgIpc) is 2.71. The molecule has 2 heteroatoms. The van der Waals surface area contributed by atoms with Crippen molar-refractivity contribution < 1.29 is 0 Å². The highest BCUT2D eigenvalue weighted by molar-refractivity contribution is 6.17. The van der Waals surface area contributed by atoms with Crippen molar-refractivity contribution in [1.29, 1.82) is 0 Å². The van der Waals surface area contributed by atoms with Gasteiger partial charge in [0.2, 0.25) is 0 Å². The molecular weight excluding hydrogens is 206 g/mol. The van der Waals surface area contributed by atoms with Crippen molar-refractivity contribution in [2.75, 3.05) is 25.5 Å². The SMILES string of the molecule is ClCCCCN1CCC2(CCCC2)CC1. The van der Waals surface area contributed by atoms with E-state index in [0.717, 1.165) is 11.3 Å². The minimum absolute atomic E-state index is 0.781. The Morgan fingerprint density at radius 1 is 0.933 bits per heavy atom. The van der Waals surface area contributed by atoms with Crippen LogP contribution in [0.1, 0.15) is 51.4 Å². The van der Waals surface area contributed by atoms with Crippen LogP contribution in [0.2, 0.25) is 0 Å². The molecule has 88 valence electrons. The van der Waals surface area contributed by atoms with Crippen molar-refractivity contribution in [3.63, 3.8) is 0 Å². The molecule has 0 N–H and O–H groups in total. The van der Waals surface area contributed by atoms with Crippen molar-refractivity contribution in [2.45, 2.75) is 51.4 Å². The lowest BCUT2D eigenvalue weighted by Gasteiger charge is -2.39. The highest BCUT2D eigenvalue weighted by atomic mass is 35.5. The fourth-order valence-corrected chi connectivity index (χ4v) is 3.49. The van der Waals surface area contributed by atoms with E-state index in [9.17, 15) is 0 Å². The molecule has 1 spiro atoms. The number of unbranched alkanes of at least 4 members (excludes halogenated alkanes) is 1. The first-order valence-corrected chi connectivity index (χ1v) is 7.16. The Morgan fingerprint density at radius 2 is 1.60 bits per heavy atom. The zero-order valence-corrected chi connectivity index (χ0v) is 10.6. The molecule has 0 amide bonds. The molecule has 1 saturated heterocycles. The molecular formula is C13H24ClN. The minimum atomic E-state index is 0.781. The molecule has 1 saturated carbocycles. The Labute approximate surface area is 99.2 Å². The van der Waals surface area contributed by atoms with E-state index in [4.69, 9.17) is 11.6 Å². The minimum Gasteiger partial charge on any atom is -0.303 e. The molecule has 0 bridgehead atoms. The largest absolute Gasteiger partial charge is 0.303 e. The Kier molecular flexibility index (Phi) is 4.33. The van der Waals surface area contributed by atoms with E-state index in [1.54, 1.807) is 0 Å². The second-order valence-electron chi connectivity index (χ2n) is 5.44. The molecule has 1 nitrogen and oxygen atoms in total. The summed E-state index contributed by atoms with van der Waals surface area (Å²) in [6.45, 7) is 3.98. The van der Waals surface area contributed by atoms with E-state index in [2.05, 4.69) is 4.90 Å². The van der Waals surface area contributed by atoms with Gasteiger partial charge in [-0.25, -0.2) is 0 Å². The summed E-state index contributed by atoms with van der Waals surface area (Å²) >= 11 is 5.70. The van der Waals surface area contributed by atoms with Gasteiger partial charge in [0.25, 0.3) is 0 Å². The Morgan fingerprint density at radius 3 is 2.20 bits per heavy atom. The number of hydrogen-bond donors (Lipinski definition) is 0. The van der Waals surface area contributed by atoms with Gasteiger partial charge in [0.15, 0.2) is 0 Å². The van der Waals surface area contributed by atoms with E-state index in [1.165, 1.54) is 71.0 Å². The first kappa shape index (κ1) is 11.7. The number of nitrogens with zero attached hydrogens (tertiary/aromatic N) is 1. The summed E-state index contributed by atoms with van der Waals surface area (Å²) in [5.41, 5.74) is 0.781. The second kappa shape index (κ2) is 5.54. The third kappa shape index (κ3) is 3.10. The summed E-state index contributed by atoms with van der Waals surface area (Å²) < 4.78 is 0. The van der Waals surface area contributed by atoms with Gasteiger partial charge < -0.3 is 4.90 Å². The van der Waals surface area contributed by atoms with Crippen LogP contribution in [-0.4, -0.2) is 30.4 Å². The zero-order chi connectivity index (χ0) is 10.6. The lowest BCUT2D eigenvalue weighted by molar-refractivity contribution is 0.108. The van der Waals surface area contributed by atoms with Crippen molar-refractivity contribution in [2.24, 2.45) is 5.41 Å². The van der Waals surface area contributed by atoms with Gasteiger partial charge in [0, 0.05) is 5.88 Å². The summed E-state index contributed by atoms with van der Waals surface area (Å²) in [6.07, 6.45) is 11.4. The molecule has 15 heavy (non-hydrogen) atoms. The molecule has 0 aromatic heterocycles. The molecule has 0 atom stereocenters. The topological polar surface area (TPSA) is 3.24 Å². The van der Waals surface area contributed by atoms with E-state index in [-0.39, 0.29) is 0 Å². The fraction of sp³-hybridized carbons (Fsp3) is 1.00. The van der Waals surface area contributed by atoms with Gasteiger partial charge in [-0.1, -0.05) is 12.8 Å². The smallest absolute Gasteiger partial charge is 0.0223 e. The van der Waals surface area contributed by atoms with Crippen LogP contribution in [0.4, 0.5) is 0 Å². The first-order chi connectivity index (χ1) is 7.35. The maximum atomic E-state index is 5.70. The number of likely N-dealkylation sites (tertiary alicyclic amines) is 1. The molecule has 2 fully saturated rings. The molecule has 1 aliphatic carbocycles. The van der Waals surface area contributed by atoms with Crippen LogP contribution in [0.15, 0.2) is 0 Å². The van der Waals surface area contributed by atoms with Crippen LogP contribution in [0.5, 0.6) is 0 Å². The monoisotopic (exact) mass is 229 g/mol. The Hall–Kier alpha value is 0.250. The van der Waals surface area contributed by atoms with E-state index in [0.29, 0.717) is 0 Å². The molecule has 1 aliphatic heterocycles. The maximum absolute atomic E-state index is 5.70. The predicted octanol–water partition coefficient (Wildman–Crippen LogP) is 3.66. The third-order valence-corrected chi connectivity index (χ3v) is 4.71. The van der Waals surface area contributed by atoms with Crippen LogP contribution in [-0.2, 0) is 0 Å². The third-order valence-electron chi connectivity index (χ3n) is 4.44. The van der Waals surface area contributed by atoms with Crippen molar-refractivity contribution in [1.82, 2.24) is 4.90 Å². The molecule has 1 heterocycles. The van der Waals surface area contributed by atoms with Crippen molar-refractivity contribution in [3.8, 4) is 0 Å². The summed E-state index contributed by atoms with van der Waals surface area (Å²) in [5.74, 6) is 0.831. The van der Waals surface area contributed by atoms with Crippen LogP contribution < -0.4 is 0 Å². The summed E-state index contributed by atoms with van der Waals surface area (Å²) in [6, 6.07) is 0. The quantitative estimate of drug-likeness (QED) is 0.525. The molecule has 2 rings (SSSR count). The lowest BCUT2D eigenvalue weighted by Crippen LogP contribution is -2.39. The van der Waals surface area contributed by atoms with Crippen molar-refractivity contribution in [3.05, 3.63) is 0 Å². The van der Waals surface area contributed by atoms with Gasteiger partial charge in [-0.2, -0.15) is 0 Å². The molecule has 0 aromatic rings. The number of piperidine rings is 1. The summed E-state index contributed by atoms with van der Waals surface area (Å²) in [4.78, 5) is 2.65. The van der Waals surface area contributed by atoms with E-state index >= 15 is 0 Å². The van der Waals surface area contributed by atoms with Crippen molar-refractivity contribution >= 4 is 11.6 Å². The van der Waals surface area contributed by atoms with Gasteiger partial charge in [0.05, 0.1) is 0 Å². The number of rotatable bonds is 4. The average molecular weight is 230 g/mol. The van der Waals surface area contributed by atoms with E-state index in [1.807, 2.05) is 0 Å². The van der Waals surface area contributed by atoms with Gasteiger partial charge in [-0.15, -0.1) is 11.6 Å². The van der Waals surface area contributed by atoms with Gasteiger partial charge in [-0.05, 0) is 63.6 Å². The van der Waals surface area contributed by atoms with Crippen LogP contribution in [0.3, 0.4) is 0 Å². The van der Waals surface area contributed by atoms with E-state index < -0.39 is 0 Å². The molecule has 0 radical (unpaired) electrons. The highest BCUT2D eigenvalue weighted by Crippen LogP contribution is 2.45. The highest BCUT2D eigenvalue weighted by Gasteiger charge is 2.36. The molecule has 0 unspecified atom stereocenters. The standard InChI is InChI=1S/C13H24ClN/c14-9-3-4-10-15-11-7-13(8-12-15)5-1-2-6-13/h1-12H2. The maximum Gasteiger partial charge on any atom is 0.0223 e. The molecule has 2 aliphatic rings. The van der Waals surface area contributed by atoms with Gasteiger partial charge >= 0.3 is 0 Å². The van der Waals surface area contributed by atoms with Crippen LogP contribution >= 0.6 is 11.6 Å². The summed E-state index contributed by atoms with van der Waals surface area (Å²) in [7, 11) is 0. The zero-order valence-electron chi connectivity index (χ0n) is 9.81. The van der Waals surface area contributed by atoms with Crippen LogP contribution in [0.25, 0.3) is 0 Å². The lowest BCUT2D eigenvalue weighted by atomic mass is 9.77. The Balaban J connectivity index is 1.67. The van der Waals surface area contributed by atoms with Crippen LogP contribution in [0, 0.1) is 5.41 Å².